The zero-order valence-electron chi connectivity index (χ0n) is 11.7. The molecule has 3 rings (SSSR count). The predicted molar refractivity (Wildman–Crippen MR) is 86.6 cm³/mol. The van der Waals surface area contributed by atoms with E-state index in [-0.39, 0.29) is 0 Å². The van der Waals surface area contributed by atoms with E-state index < -0.39 is 0 Å². The lowest BCUT2D eigenvalue weighted by molar-refractivity contribution is 0.855. The molecule has 0 unspecified atom stereocenters. The summed E-state index contributed by atoms with van der Waals surface area (Å²) in [5, 5.41) is 0. The summed E-state index contributed by atoms with van der Waals surface area (Å²) in [4.78, 5) is 0. The van der Waals surface area contributed by atoms with Crippen molar-refractivity contribution in [3.63, 3.8) is 0 Å². The van der Waals surface area contributed by atoms with Crippen LogP contribution >= 0.6 is 0 Å². The molecule has 0 spiro atoms. The minimum Gasteiger partial charge on any atom is -0.0844 e. The molecule has 20 heavy (non-hydrogen) atoms. The minimum atomic E-state index is 0.430. The van der Waals surface area contributed by atoms with Crippen molar-refractivity contribution in [2.45, 2.75) is 25.2 Å². The third-order valence-corrected chi connectivity index (χ3v) is 3.91. The highest BCUT2D eigenvalue weighted by molar-refractivity contribution is 5.52. The number of allylic oxidation sites excluding steroid dienone is 3. The standard InChI is InChI=1S/C20H20/c1-3-9-17(10-4-1)15-16-20(19-13-7-8-14-19)18-11-5-2-6-12-18/h1-6,9-13,15-16,20H,7-8,14H2/b16-15+/t20-/m1/s1. The summed E-state index contributed by atoms with van der Waals surface area (Å²) in [6, 6.07) is 21.4. The largest absolute Gasteiger partial charge is 0.0844 e. The summed E-state index contributed by atoms with van der Waals surface area (Å²) in [5.74, 6) is 0.430. The Balaban J connectivity index is 1.88. The number of hydrogen-bond acceptors (Lipinski definition) is 0. The monoisotopic (exact) mass is 260 g/mol. The van der Waals surface area contributed by atoms with E-state index in [1.54, 1.807) is 5.57 Å². The van der Waals surface area contributed by atoms with Gasteiger partial charge in [-0.3, -0.25) is 0 Å². The molecule has 0 radical (unpaired) electrons. The van der Waals surface area contributed by atoms with Crippen LogP contribution in [0.3, 0.4) is 0 Å². The van der Waals surface area contributed by atoms with Gasteiger partial charge >= 0.3 is 0 Å². The molecule has 0 N–H and O–H groups in total. The van der Waals surface area contributed by atoms with E-state index in [2.05, 4.69) is 78.9 Å². The highest BCUT2D eigenvalue weighted by atomic mass is 14.2. The second kappa shape index (κ2) is 6.38. The van der Waals surface area contributed by atoms with Crippen molar-refractivity contribution in [2.24, 2.45) is 0 Å². The molecule has 0 bridgehead atoms. The van der Waals surface area contributed by atoms with Crippen molar-refractivity contribution in [2.75, 3.05) is 0 Å². The van der Waals surface area contributed by atoms with Crippen molar-refractivity contribution < 1.29 is 0 Å². The first-order valence-electron chi connectivity index (χ1n) is 7.40. The maximum Gasteiger partial charge on any atom is 0.0231 e. The van der Waals surface area contributed by atoms with Gasteiger partial charge in [-0.15, -0.1) is 0 Å². The second-order valence-corrected chi connectivity index (χ2v) is 5.33. The summed E-state index contributed by atoms with van der Waals surface area (Å²) in [7, 11) is 0. The summed E-state index contributed by atoms with van der Waals surface area (Å²) < 4.78 is 0. The first-order valence-corrected chi connectivity index (χ1v) is 7.40. The smallest absolute Gasteiger partial charge is 0.0231 e. The molecule has 2 aromatic carbocycles. The van der Waals surface area contributed by atoms with Crippen LogP contribution in [-0.4, -0.2) is 0 Å². The molecular formula is C20H20. The molecule has 0 saturated carbocycles. The van der Waals surface area contributed by atoms with Gasteiger partial charge in [0.05, 0.1) is 0 Å². The Kier molecular flexibility index (Phi) is 4.13. The zero-order valence-corrected chi connectivity index (χ0v) is 11.7. The highest BCUT2D eigenvalue weighted by Gasteiger charge is 2.16. The average Bonchev–Trinajstić information content (AvgIpc) is 3.04. The maximum absolute atomic E-state index is 2.42. The van der Waals surface area contributed by atoms with Gasteiger partial charge in [0.15, 0.2) is 0 Å². The summed E-state index contributed by atoms with van der Waals surface area (Å²) >= 11 is 0. The van der Waals surface area contributed by atoms with Gasteiger partial charge in [0.2, 0.25) is 0 Å². The molecule has 0 amide bonds. The van der Waals surface area contributed by atoms with E-state index in [0.717, 1.165) is 0 Å². The average molecular weight is 260 g/mol. The fourth-order valence-corrected chi connectivity index (χ4v) is 2.86. The van der Waals surface area contributed by atoms with E-state index in [1.807, 2.05) is 0 Å². The molecule has 1 atom stereocenters. The molecule has 0 saturated heterocycles. The predicted octanol–water partition coefficient (Wildman–Crippen LogP) is 5.59. The minimum absolute atomic E-state index is 0.430. The topological polar surface area (TPSA) is 0 Å². The van der Waals surface area contributed by atoms with Gasteiger partial charge in [-0.25, -0.2) is 0 Å². The molecule has 0 heterocycles. The van der Waals surface area contributed by atoms with Gasteiger partial charge in [-0.1, -0.05) is 84.5 Å². The van der Waals surface area contributed by atoms with Gasteiger partial charge in [0, 0.05) is 5.92 Å². The molecule has 1 aliphatic rings. The Hall–Kier alpha value is -2.08. The molecule has 0 fully saturated rings. The fraction of sp³-hybridized carbons (Fsp3) is 0.200. The van der Waals surface area contributed by atoms with Gasteiger partial charge in [0.1, 0.15) is 0 Å². The van der Waals surface area contributed by atoms with Gasteiger partial charge in [-0.2, -0.15) is 0 Å². The van der Waals surface area contributed by atoms with Crippen molar-refractivity contribution in [3.05, 3.63) is 89.5 Å². The van der Waals surface area contributed by atoms with E-state index >= 15 is 0 Å². The molecule has 0 heteroatoms. The van der Waals surface area contributed by atoms with Crippen molar-refractivity contribution >= 4 is 6.08 Å². The van der Waals surface area contributed by atoms with Crippen molar-refractivity contribution in [1.82, 2.24) is 0 Å². The van der Waals surface area contributed by atoms with E-state index in [0.29, 0.717) is 5.92 Å². The summed E-state index contributed by atoms with van der Waals surface area (Å²) in [6.45, 7) is 0. The SMILES string of the molecule is C1=C([C@H](/C=C/c2ccccc2)c2ccccc2)CCC1. The molecule has 0 nitrogen and oxygen atoms in total. The normalized spacial score (nSPS) is 16.3. The Bertz CT molecular complexity index is 590. The molecule has 2 aromatic rings. The second-order valence-electron chi connectivity index (χ2n) is 5.33. The van der Waals surface area contributed by atoms with E-state index in [4.69, 9.17) is 0 Å². The quantitative estimate of drug-likeness (QED) is 0.628. The van der Waals surface area contributed by atoms with Crippen LogP contribution in [0.4, 0.5) is 0 Å². The van der Waals surface area contributed by atoms with Crippen LogP contribution in [-0.2, 0) is 0 Å². The Morgan fingerprint density at radius 3 is 2.20 bits per heavy atom. The third-order valence-electron chi connectivity index (χ3n) is 3.91. The fourth-order valence-electron chi connectivity index (χ4n) is 2.86. The van der Waals surface area contributed by atoms with Crippen LogP contribution in [0.15, 0.2) is 78.4 Å². The van der Waals surface area contributed by atoms with Crippen LogP contribution in [0.1, 0.15) is 36.3 Å². The lowest BCUT2D eigenvalue weighted by Gasteiger charge is -2.15. The van der Waals surface area contributed by atoms with Crippen LogP contribution in [0.25, 0.3) is 6.08 Å². The van der Waals surface area contributed by atoms with Gasteiger partial charge in [-0.05, 0) is 30.4 Å². The lowest BCUT2D eigenvalue weighted by Crippen LogP contribution is -1.97. The zero-order chi connectivity index (χ0) is 13.6. The van der Waals surface area contributed by atoms with Crippen molar-refractivity contribution in [3.8, 4) is 0 Å². The van der Waals surface area contributed by atoms with Crippen LogP contribution < -0.4 is 0 Å². The summed E-state index contributed by atoms with van der Waals surface area (Å²) in [5.41, 5.74) is 4.24. The molecule has 1 aliphatic carbocycles. The number of benzene rings is 2. The molecule has 0 aromatic heterocycles. The van der Waals surface area contributed by atoms with Gasteiger partial charge in [0.25, 0.3) is 0 Å². The maximum atomic E-state index is 2.42. The van der Waals surface area contributed by atoms with Gasteiger partial charge < -0.3 is 0 Å². The third kappa shape index (κ3) is 3.08. The Labute approximate surface area is 121 Å². The Morgan fingerprint density at radius 1 is 0.850 bits per heavy atom. The molecular weight excluding hydrogens is 240 g/mol. The first-order chi connectivity index (χ1) is 9.93. The Morgan fingerprint density at radius 2 is 1.55 bits per heavy atom. The highest BCUT2D eigenvalue weighted by Crippen LogP contribution is 2.34. The number of rotatable bonds is 4. The van der Waals surface area contributed by atoms with Crippen molar-refractivity contribution in [1.29, 1.82) is 0 Å². The van der Waals surface area contributed by atoms with Crippen LogP contribution in [0, 0.1) is 0 Å². The van der Waals surface area contributed by atoms with E-state index in [1.165, 1.54) is 30.4 Å². The molecule has 0 aliphatic heterocycles. The van der Waals surface area contributed by atoms with Crippen LogP contribution in [0.2, 0.25) is 0 Å². The summed E-state index contributed by atoms with van der Waals surface area (Å²) in [6.07, 6.45) is 10.8. The van der Waals surface area contributed by atoms with E-state index in [9.17, 15) is 0 Å². The number of hydrogen-bond donors (Lipinski definition) is 0. The first kappa shape index (κ1) is 12.9. The van der Waals surface area contributed by atoms with Crippen LogP contribution in [0.5, 0.6) is 0 Å². The lowest BCUT2D eigenvalue weighted by atomic mass is 9.90. The molecule has 100 valence electrons.